The molecule has 1 atom stereocenters. The van der Waals surface area contributed by atoms with Crippen molar-refractivity contribution in [1.82, 2.24) is 9.97 Å². The minimum Gasteiger partial charge on any atom is -0.363 e. The van der Waals surface area contributed by atoms with Crippen LogP contribution in [0.25, 0.3) is 0 Å². The number of rotatable bonds is 5. The van der Waals surface area contributed by atoms with Crippen LogP contribution in [0.2, 0.25) is 0 Å². The van der Waals surface area contributed by atoms with Gasteiger partial charge in [0, 0.05) is 23.5 Å². The SMILES string of the molecule is Cc1cc(C)cc(Nc2nc(C)cc(NC(C)c3ccccc3)n2)c1. The summed E-state index contributed by atoms with van der Waals surface area (Å²) < 4.78 is 0. The fraction of sp³-hybridized carbons (Fsp3) is 0.238. The number of hydrogen-bond donors (Lipinski definition) is 2. The van der Waals surface area contributed by atoms with Crippen molar-refractivity contribution in [2.75, 3.05) is 10.6 Å². The van der Waals surface area contributed by atoms with Crippen LogP contribution in [0.3, 0.4) is 0 Å². The van der Waals surface area contributed by atoms with Gasteiger partial charge in [-0.3, -0.25) is 0 Å². The summed E-state index contributed by atoms with van der Waals surface area (Å²) >= 11 is 0. The van der Waals surface area contributed by atoms with Gasteiger partial charge in [0.15, 0.2) is 0 Å². The van der Waals surface area contributed by atoms with Crippen LogP contribution in [-0.2, 0) is 0 Å². The molecule has 0 saturated heterocycles. The third-order valence-corrected chi connectivity index (χ3v) is 4.00. The van der Waals surface area contributed by atoms with Gasteiger partial charge in [-0.05, 0) is 56.5 Å². The van der Waals surface area contributed by atoms with Gasteiger partial charge in [-0.15, -0.1) is 0 Å². The van der Waals surface area contributed by atoms with Gasteiger partial charge < -0.3 is 10.6 Å². The summed E-state index contributed by atoms with van der Waals surface area (Å²) in [4.78, 5) is 9.13. The molecule has 0 amide bonds. The zero-order valence-electron chi connectivity index (χ0n) is 15.2. The molecule has 3 rings (SSSR count). The van der Waals surface area contributed by atoms with Crippen molar-refractivity contribution in [3.63, 3.8) is 0 Å². The molecule has 4 nitrogen and oxygen atoms in total. The molecule has 0 aliphatic rings. The quantitative estimate of drug-likeness (QED) is 0.664. The van der Waals surface area contributed by atoms with Crippen LogP contribution in [0.5, 0.6) is 0 Å². The highest BCUT2D eigenvalue weighted by Crippen LogP contribution is 2.21. The van der Waals surface area contributed by atoms with E-state index in [2.05, 4.69) is 71.7 Å². The van der Waals surface area contributed by atoms with Gasteiger partial charge >= 0.3 is 0 Å². The lowest BCUT2D eigenvalue weighted by molar-refractivity contribution is 0.871. The molecule has 0 aliphatic heterocycles. The van der Waals surface area contributed by atoms with Gasteiger partial charge in [0.2, 0.25) is 5.95 Å². The third kappa shape index (κ3) is 4.57. The van der Waals surface area contributed by atoms with E-state index < -0.39 is 0 Å². The Labute approximate surface area is 149 Å². The first-order valence-electron chi connectivity index (χ1n) is 8.52. The molecule has 2 aromatic carbocycles. The molecule has 1 heterocycles. The van der Waals surface area contributed by atoms with Crippen LogP contribution in [0, 0.1) is 20.8 Å². The third-order valence-electron chi connectivity index (χ3n) is 4.00. The molecule has 0 aliphatic carbocycles. The maximum atomic E-state index is 4.62. The Morgan fingerprint density at radius 3 is 2.20 bits per heavy atom. The first-order valence-corrected chi connectivity index (χ1v) is 8.52. The highest BCUT2D eigenvalue weighted by atomic mass is 15.1. The number of hydrogen-bond acceptors (Lipinski definition) is 4. The van der Waals surface area contributed by atoms with Crippen molar-refractivity contribution >= 4 is 17.5 Å². The van der Waals surface area contributed by atoms with E-state index in [0.29, 0.717) is 5.95 Å². The zero-order chi connectivity index (χ0) is 17.8. The van der Waals surface area contributed by atoms with Crippen molar-refractivity contribution in [2.24, 2.45) is 0 Å². The molecule has 3 aromatic rings. The van der Waals surface area contributed by atoms with Crippen LogP contribution in [0.4, 0.5) is 17.5 Å². The molecular formula is C21H24N4. The first-order chi connectivity index (χ1) is 12.0. The Balaban J connectivity index is 1.80. The monoisotopic (exact) mass is 332 g/mol. The summed E-state index contributed by atoms with van der Waals surface area (Å²) in [6.45, 7) is 8.28. The summed E-state index contributed by atoms with van der Waals surface area (Å²) in [6, 6.07) is 18.8. The average molecular weight is 332 g/mol. The van der Waals surface area contributed by atoms with Crippen molar-refractivity contribution in [3.8, 4) is 0 Å². The van der Waals surface area contributed by atoms with E-state index in [0.717, 1.165) is 17.2 Å². The standard InChI is InChI=1S/C21H24N4/c1-14-10-15(2)12-19(11-14)24-21-22-16(3)13-20(25-21)23-17(4)18-8-6-5-7-9-18/h5-13,17H,1-4H3,(H2,22,23,24,25). The molecule has 0 bridgehead atoms. The molecule has 0 radical (unpaired) electrons. The molecule has 4 heteroatoms. The van der Waals surface area contributed by atoms with Crippen molar-refractivity contribution in [3.05, 3.63) is 77.0 Å². The van der Waals surface area contributed by atoms with Crippen molar-refractivity contribution in [1.29, 1.82) is 0 Å². The second kappa shape index (κ2) is 7.34. The lowest BCUT2D eigenvalue weighted by Gasteiger charge is -2.16. The molecular weight excluding hydrogens is 308 g/mol. The van der Waals surface area contributed by atoms with Crippen LogP contribution in [0.1, 0.15) is 35.3 Å². The van der Waals surface area contributed by atoms with E-state index in [4.69, 9.17) is 0 Å². The minimum absolute atomic E-state index is 0.171. The number of nitrogens with one attached hydrogen (secondary N) is 2. The predicted molar refractivity (Wildman–Crippen MR) is 104 cm³/mol. The minimum atomic E-state index is 0.171. The fourth-order valence-corrected chi connectivity index (χ4v) is 2.92. The number of nitrogens with zero attached hydrogens (tertiary/aromatic N) is 2. The molecule has 0 spiro atoms. The summed E-state index contributed by atoms with van der Waals surface area (Å²) in [5.74, 6) is 1.42. The van der Waals surface area contributed by atoms with Gasteiger partial charge in [0.25, 0.3) is 0 Å². The number of anilines is 3. The summed E-state index contributed by atoms with van der Waals surface area (Å²) in [5.41, 5.74) is 5.58. The normalized spacial score (nSPS) is 11.8. The highest BCUT2D eigenvalue weighted by molar-refractivity contribution is 5.57. The summed E-state index contributed by atoms with van der Waals surface area (Å²) in [5, 5.41) is 6.77. The van der Waals surface area contributed by atoms with Crippen molar-refractivity contribution < 1.29 is 0 Å². The highest BCUT2D eigenvalue weighted by Gasteiger charge is 2.08. The Bertz CT molecular complexity index is 839. The van der Waals surface area contributed by atoms with Gasteiger partial charge in [0.1, 0.15) is 5.82 Å². The lowest BCUT2D eigenvalue weighted by atomic mass is 10.1. The van der Waals surface area contributed by atoms with E-state index in [1.807, 2.05) is 31.2 Å². The smallest absolute Gasteiger partial charge is 0.229 e. The Morgan fingerprint density at radius 1 is 0.840 bits per heavy atom. The second-order valence-electron chi connectivity index (χ2n) is 6.50. The van der Waals surface area contributed by atoms with E-state index in [1.54, 1.807) is 0 Å². The molecule has 0 saturated carbocycles. The van der Waals surface area contributed by atoms with E-state index >= 15 is 0 Å². The number of aromatic nitrogens is 2. The first kappa shape index (κ1) is 17.0. The maximum Gasteiger partial charge on any atom is 0.229 e. The summed E-state index contributed by atoms with van der Waals surface area (Å²) in [7, 11) is 0. The van der Waals surface area contributed by atoms with Gasteiger partial charge in [-0.25, -0.2) is 4.98 Å². The molecule has 1 aromatic heterocycles. The fourth-order valence-electron chi connectivity index (χ4n) is 2.92. The number of benzene rings is 2. The largest absolute Gasteiger partial charge is 0.363 e. The second-order valence-corrected chi connectivity index (χ2v) is 6.50. The summed E-state index contributed by atoms with van der Waals surface area (Å²) in [6.07, 6.45) is 0. The maximum absolute atomic E-state index is 4.62. The predicted octanol–water partition coefficient (Wildman–Crippen LogP) is 5.32. The average Bonchev–Trinajstić information content (AvgIpc) is 2.54. The number of aryl methyl sites for hydroxylation is 3. The Hall–Kier alpha value is -2.88. The lowest BCUT2D eigenvalue weighted by Crippen LogP contribution is -2.10. The van der Waals surface area contributed by atoms with Crippen LogP contribution < -0.4 is 10.6 Å². The van der Waals surface area contributed by atoms with Gasteiger partial charge in [0.05, 0.1) is 0 Å². The molecule has 128 valence electrons. The molecule has 0 fully saturated rings. The van der Waals surface area contributed by atoms with E-state index in [1.165, 1.54) is 16.7 Å². The zero-order valence-corrected chi connectivity index (χ0v) is 15.2. The van der Waals surface area contributed by atoms with E-state index in [-0.39, 0.29) is 6.04 Å². The molecule has 1 unspecified atom stereocenters. The van der Waals surface area contributed by atoms with Gasteiger partial charge in [-0.2, -0.15) is 4.98 Å². The van der Waals surface area contributed by atoms with Gasteiger partial charge in [-0.1, -0.05) is 36.4 Å². The van der Waals surface area contributed by atoms with Crippen molar-refractivity contribution in [2.45, 2.75) is 33.7 Å². The van der Waals surface area contributed by atoms with Crippen LogP contribution >= 0.6 is 0 Å². The van der Waals surface area contributed by atoms with E-state index in [9.17, 15) is 0 Å². The Kier molecular flexibility index (Phi) is 4.98. The van der Waals surface area contributed by atoms with Crippen LogP contribution in [0.15, 0.2) is 54.6 Å². The molecule has 2 N–H and O–H groups in total. The topological polar surface area (TPSA) is 49.8 Å². The Morgan fingerprint density at radius 2 is 1.52 bits per heavy atom. The molecule has 25 heavy (non-hydrogen) atoms. The van der Waals surface area contributed by atoms with Crippen LogP contribution in [-0.4, -0.2) is 9.97 Å².